The fourth-order valence-corrected chi connectivity index (χ4v) is 7.33. The molecule has 2 amide bonds. The van der Waals surface area contributed by atoms with Gasteiger partial charge in [-0.3, -0.25) is 14.4 Å². The second kappa shape index (κ2) is 10.6. The van der Waals surface area contributed by atoms with E-state index in [0.29, 0.717) is 36.4 Å². The van der Waals surface area contributed by atoms with E-state index in [-0.39, 0.29) is 19.1 Å². The van der Waals surface area contributed by atoms with E-state index >= 15 is 0 Å². The summed E-state index contributed by atoms with van der Waals surface area (Å²) < 4.78 is 12.2. The monoisotopic (exact) mass is 554 g/mol. The van der Waals surface area contributed by atoms with E-state index in [9.17, 15) is 19.5 Å². The summed E-state index contributed by atoms with van der Waals surface area (Å²) in [5.74, 6) is -3.02. The lowest BCUT2D eigenvalue weighted by Crippen LogP contribution is -2.57. The maximum Gasteiger partial charge on any atom is 0.312 e. The number of aliphatic hydroxyl groups is 1. The van der Waals surface area contributed by atoms with Gasteiger partial charge in [0.25, 0.3) is 0 Å². The average Bonchev–Trinajstić information content (AvgIpc) is 3.54. The molecule has 9 heteroatoms. The first-order chi connectivity index (χ1) is 18.7. The van der Waals surface area contributed by atoms with E-state index < -0.39 is 47.0 Å². The number of fused-ring (bicyclic) bond motifs is 1. The van der Waals surface area contributed by atoms with Crippen molar-refractivity contribution in [1.82, 2.24) is 4.90 Å². The minimum atomic E-state index is -1.23. The zero-order valence-electron chi connectivity index (χ0n) is 22.5. The summed E-state index contributed by atoms with van der Waals surface area (Å²) in [5, 5.41) is 13.9. The highest BCUT2D eigenvalue weighted by Gasteiger charge is 2.79. The van der Waals surface area contributed by atoms with E-state index in [1.807, 2.05) is 50.2 Å². The van der Waals surface area contributed by atoms with Gasteiger partial charge in [0.1, 0.15) is 17.6 Å². The Morgan fingerprint density at radius 2 is 1.92 bits per heavy atom. The molecular formula is C30H35ClN2O6. The largest absolute Gasteiger partial charge is 0.466 e. The molecule has 2 aromatic carbocycles. The van der Waals surface area contributed by atoms with Crippen LogP contribution in [0.1, 0.15) is 44.2 Å². The third kappa shape index (κ3) is 4.33. The van der Waals surface area contributed by atoms with Gasteiger partial charge in [0.15, 0.2) is 0 Å². The van der Waals surface area contributed by atoms with E-state index in [4.69, 9.17) is 21.1 Å². The fourth-order valence-electron chi connectivity index (χ4n) is 7.06. The van der Waals surface area contributed by atoms with Crippen LogP contribution in [0.5, 0.6) is 0 Å². The number of halogens is 1. The molecule has 8 nitrogen and oxygen atoms in total. The van der Waals surface area contributed by atoms with E-state index in [2.05, 4.69) is 5.32 Å². The molecule has 208 valence electrons. The van der Waals surface area contributed by atoms with Crippen LogP contribution in [0.15, 0.2) is 48.5 Å². The van der Waals surface area contributed by atoms with Crippen molar-refractivity contribution < 1.29 is 29.0 Å². The number of aryl methyl sites for hydroxylation is 1. The first-order valence-electron chi connectivity index (χ1n) is 13.6. The number of carbonyl (C=O) groups is 3. The van der Waals surface area contributed by atoms with Gasteiger partial charge in [0, 0.05) is 0 Å². The van der Waals surface area contributed by atoms with Crippen LogP contribution >= 0.6 is 11.6 Å². The van der Waals surface area contributed by atoms with E-state index in [1.54, 1.807) is 19.1 Å². The Bertz CT molecular complexity index is 1250. The molecule has 0 aromatic heterocycles. The predicted octanol–water partition coefficient (Wildman–Crippen LogP) is 3.91. The first-order valence-corrected chi connectivity index (χ1v) is 14.0. The van der Waals surface area contributed by atoms with Crippen molar-refractivity contribution in [1.29, 1.82) is 0 Å². The normalized spacial score (nSPS) is 29.8. The maximum absolute atomic E-state index is 14.4. The Morgan fingerprint density at radius 3 is 2.56 bits per heavy atom. The van der Waals surface area contributed by atoms with Crippen molar-refractivity contribution >= 4 is 35.1 Å². The van der Waals surface area contributed by atoms with Crippen LogP contribution in [-0.4, -0.2) is 64.3 Å². The number of nitrogens with zero attached hydrogens (tertiary/aromatic N) is 1. The van der Waals surface area contributed by atoms with Crippen LogP contribution in [0.2, 0.25) is 5.02 Å². The quantitative estimate of drug-likeness (QED) is 0.455. The summed E-state index contributed by atoms with van der Waals surface area (Å²) in [4.78, 5) is 43.4. The zero-order chi connectivity index (χ0) is 27.9. The van der Waals surface area contributed by atoms with Crippen LogP contribution in [0.4, 0.5) is 5.69 Å². The summed E-state index contributed by atoms with van der Waals surface area (Å²) in [5.41, 5.74) is 0.0336. The number of ether oxygens (including phenoxy) is 2. The summed E-state index contributed by atoms with van der Waals surface area (Å²) in [6, 6.07) is 13.1. The molecule has 0 saturated carbocycles. The molecule has 6 atom stereocenters. The predicted molar refractivity (Wildman–Crippen MR) is 146 cm³/mol. The Hall–Kier alpha value is -2.94. The van der Waals surface area contributed by atoms with Gasteiger partial charge in [-0.2, -0.15) is 0 Å². The Morgan fingerprint density at radius 1 is 1.18 bits per heavy atom. The molecular weight excluding hydrogens is 520 g/mol. The Balaban J connectivity index is 1.60. The minimum absolute atomic E-state index is 0.176. The van der Waals surface area contributed by atoms with Gasteiger partial charge < -0.3 is 24.8 Å². The standard InChI is InChI=1S/C30H35ClN2O6/c1-4-29-14-15-30(39-29)22(23(29)28(37)38-5-2)27(36)33(20(17-34)16-19-11-7-6-8-12-19)25(30)26(35)32-24-18(3)10-9-13-21(24)31/h6-13,20,22-23,25,34H,4-5,14-17H2,1-3H3,(H,32,35)/t20-,22+,23-,25?,29+,30?/m1/s1. The molecule has 2 aromatic rings. The van der Waals surface area contributed by atoms with Crippen molar-refractivity contribution in [2.75, 3.05) is 18.5 Å². The van der Waals surface area contributed by atoms with Crippen LogP contribution in [0, 0.1) is 18.8 Å². The number of hydrogen-bond donors (Lipinski definition) is 2. The molecule has 0 radical (unpaired) electrons. The van der Waals surface area contributed by atoms with Crippen molar-refractivity contribution in [3.8, 4) is 0 Å². The van der Waals surface area contributed by atoms with Crippen molar-refractivity contribution in [2.45, 2.75) is 69.7 Å². The number of likely N-dealkylation sites (tertiary alicyclic amines) is 1. The van der Waals surface area contributed by atoms with Crippen LogP contribution in [-0.2, 0) is 30.3 Å². The highest BCUT2D eigenvalue weighted by atomic mass is 35.5. The smallest absolute Gasteiger partial charge is 0.312 e. The molecule has 3 aliphatic heterocycles. The second-order valence-corrected chi connectivity index (χ2v) is 11.2. The van der Waals surface area contributed by atoms with Crippen LogP contribution in [0.3, 0.4) is 0 Å². The van der Waals surface area contributed by atoms with Gasteiger partial charge >= 0.3 is 5.97 Å². The number of esters is 1. The van der Waals surface area contributed by atoms with Crippen molar-refractivity contribution in [2.24, 2.45) is 11.8 Å². The molecule has 39 heavy (non-hydrogen) atoms. The Kier molecular flexibility index (Phi) is 7.48. The number of nitrogens with one attached hydrogen (secondary N) is 1. The third-order valence-corrected chi connectivity index (χ3v) is 9.11. The number of aliphatic hydroxyl groups excluding tert-OH is 1. The summed E-state index contributed by atoms with van der Waals surface area (Å²) in [6.45, 7) is 5.32. The summed E-state index contributed by atoms with van der Waals surface area (Å²) in [6.07, 6.45) is 1.81. The minimum Gasteiger partial charge on any atom is -0.466 e. The average molecular weight is 555 g/mol. The topological polar surface area (TPSA) is 105 Å². The first kappa shape index (κ1) is 27.6. The fraction of sp³-hybridized carbons (Fsp3) is 0.500. The highest BCUT2D eigenvalue weighted by molar-refractivity contribution is 6.34. The number of amides is 2. The SMILES string of the molecule is CCOC(=O)[C@H]1[C@H]2C(=O)N([C@@H](CO)Cc3ccccc3)C(C(=O)Nc3c(C)cccc3Cl)C23CC[C@]1(CC)O3. The third-order valence-electron chi connectivity index (χ3n) is 8.80. The molecule has 2 N–H and O–H groups in total. The van der Waals surface area contributed by atoms with Gasteiger partial charge in [0.05, 0.1) is 41.5 Å². The van der Waals surface area contributed by atoms with Gasteiger partial charge in [-0.15, -0.1) is 0 Å². The molecule has 1 spiro atoms. The molecule has 2 unspecified atom stereocenters. The zero-order valence-corrected chi connectivity index (χ0v) is 23.2. The lowest BCUT2D eigenvalue weighted by molar-refractivity contribution is -0.161. The van der Waals surface area contributed by atoms with Crippen molar-refractivity contribution in [3.63, 3.8) is 0 Å². The van der Waals surface area contributed by atoms with Crippen LogP contribution in [0.25, 0.3) is 0 Å². The van der Waals surface area contributed by atoms with Crippen molar-refractivity contribution in [3.05, 3.63) is 64.7 Å². The number of hydrogen-bond acceptors (Lipinski definition) is 6. The van der Waals surface area contributed by atoms with E-state index in [0.717, 1.165) is 11.1 Å². The van der Waals surface area contributed by atoms with E-state index in [1.165, 1.54) is 4.90 Å². The maximum atomic E-state index is 14.4. The molecule has 3 fully saturated rings. The molecule has 3 saturated heterocycles. The number of para-hydroxylation sites is 1. The van der Waals surface area contributed by atoms with Gasteiger partial charge in [-0.05, 0) is 56.7 Å². The number of benzene rings is 2. The van der Waals surface area contributed by atoms with Gasteiger partial charge in [-0.1, -0.05) is 61.0 Å². The van der Waals surface area contributed by atoms with Crippen LogP contribution < -0.4 is 5.32 Å². The molecule has 3 aliphatic rings. The number of rotatable bonds is 9. The van der Waals surface area contributed by atoms with Gasteiger partial charge in [0.2, 0.25) is 11.8 Å². The number of carbonyl (C=O) groups excluding carboxylic acids is 3. The van der Waals surface area contributed by atoms with Gasteiger partial charge in [-0.25, -0.2) is 0 Å². The second-order valence-electron chi connectivity index (χ2n) is 10.8. The molecule has 2 bridgehead atoms. The molecule has 3 heterocycles. The lowest BCUT2D eigenvalue weighted by atomic mass is 9.65. The number of anilines is 1. The summed E-state index contributed by atoms with van der Waals surface area (Å²) >= 11 is 6.45. The lowest BCUT2D eigenvalue weighted by Gasteiger charge is -2.37. The molecule has 5 rings (SSSR count). The summed E-state index contributed by atoms with van der Waals surface area (Å²) in [7, 11) is 0. The Labute approximate surface area is 233 Å². The highest BCUT2D eigenvalue weighted by Crippen LogP contribution is 2.64. The molecule has 0 aliphatic carbocycles.